The van der Waals surface area contributed by atoms with E-state index in [0.29, 0.717) is 30.9 Å². The molecule has 3 rings (SSSR count). The van der Waals surface area contributed by atoms with Gasteiger partial charge < -0.3 is 15.0 Å². The number of nitrogens with zero attached hydrogens (tertiary/aromatic N) is 2. The van der Waals surface area contributed by atoms with Crippen LogP contribution in [0.15, 0.2) is 24.4 Å². The predicted molar refractivity (Wildman–Crippen MR) is 79.8 cm³/mol. The SMILES string of the molecule is CN(C)[C@@H]1[C@@H](NC(=O)CCc2ccccn2)[C@H]2CCO[C@H]21. The van der Waals surface area contributed by atoms with Gasteiger partial charge in [0.05, 0.1) is 18.2 Å². The average Bonchev–Trinajstić information content (AvgIpc) is 2.87. The van der Waals surface area contributed by atoms with Gasteiger partial charge in [-0.1, -0.05) is 6.07 Å². The van der Waals surface area contributed by atoms with Crippen LogP contribution in [-0.2, 0) is 16.0 Å². The molecule has 1 aromatic rings. The van der Waals surface area contributed by atoms with Gasteiger partial charge in [-0.3, -0.25) is 9.78 Å². The largest absolute Gasteiger partial charge is 0.376 e. The maximum Gasteiger partial charge on any atom is 0.220 e. The summed E-state index contributed by atoms with van der Waals surface area (Å²) < 4.78 is 5.76. The van der Waals surface area contributed by atoms with E-state index in [1.165, 1.54) is 0 Å². The van der Waals surface area contributed by atoms with Crippen LogP contribution in [0, 0.1) is 5.92 Å². The van der Waals surface area contributed by atoms with E-state index in [4.69, 9.17) is 4.74 Å². The number of aryl methyl sites for hydroxylation is 1. The molecule has 4 atom stereocenters. The Hall–Kier alpha value is -1.46. The minimum Gasteiger partial charge on any atom is -0.376 e. The first-order chi connectivity index (χ1) is 10.2. The number of pyridine rings is 1. The molecule has 0 radical (unpaired) electrons. The van der Waals surface area contributed by atoms with E-state index in [1.807, 2.05) is 18.2 Å². The summed E-state index contributed by atoms with van der Waals surface area (Å²) in [6.07, 6.45) is 4.30. The van der Waals surface area contributed by atoms with Crippen molar-refractivity contribution in [1.82, 2.24) is 15.2 Å². The summed E-state index contributed by atoms with van der Waals surface area (Å²) in [6.45, 7) is 0.819. The van der Waals surface area contributed by atoms with Crippen LogP contribution >= 0.6 is 0 Å². The lowest BCUT2D eigenvalue weighted by Gasteiger charge is -2.50. The topological polar surface area (TPSA) is 54.5 Å². The molecule has 2 aliphatic rings. The second-order valence-electron chi connectivity index (χ2n) is 6.16. The molecule has 5 nitrogen and oxygen atoms in total. The van der Waals surface area contributed by atoms with E-state index in [9.17, 15) is 4.79 Å². The van der Waals surface area contributed by atoms with E-state index in [2.05, 4.69) is 29.3 Å². The Bertz CT molecular complexity index is 492. The van der Waals surface area contributed by atoms with Gasteiger partial charge in [0, 0.05) is 30.8 Å². The molecule has 5 heteroatoms. The number of aromatic nitrogens is 1. The highest BCUT2D eigenvalue weighted by Gasteiger charge is 2.55. The molecule has 1 aliphatic carbocycles. The number of carbonyl (C=O) groups excluding carboxylic acids is 1. The second-order valence-corrected chi connectivity index (χ2v) is 6.16. The van der Waals surface area contributed by atoms with Gasteiger partial charge in [0.15, 0.2) is 0 Å². The molecule has 1 N–H and O–H groups in total. The van der Waals surface area contributed by atoms with Crippen LogP contribution in [0.2, 0.25) is 0 Å². The summed E-state index contributed by atoms with van der Waals surface area (Å²) in [6, 6.07) is 6.33. The van der Waals surface area contributed by atoms with Crippen LogP contribution < -0.4 is 5.32 Å². The van der Waals surface area contributed by atoms with Gasteiger partial charge in [0.2, 0.25) is 5.91 Å². The fourth-order valence-corrected chi connectivity index (χ4v) is 3.53. The highest BCUT2D eigenvalue weighted by Crippen LogP contribution is 2.41. The van der Waals surface area contributed by atoms with Gasteiger partial charge >= 0.3 is 0 Å². The van der Waals surface area contributed by atoms with Gasteiger partial charge in [0.1, 0.15) is 0 Å². The Morgan fingerprint density at radius 2 is 2.33 bits per heavy atom. The van der Waals surface area contributed by atoms with E-state index < -0.39 is 0 Å². The van der Waals surface area contributed by atoms with Crippen molar-refractivity contribution in [2.45, 2.75) is 37.5 Å². The van der Waals surface area contributed by atoms with Crippen molar-refractivity contribution in [1.29, 1.82) is 0 Å². The molecule has 1 saturated heterocycles. The van der Waals surface area contributed by atoms with Gasteiger partial charge in [0.25, 0.3) is 0 Å². The van der Waals surface area contributed by atoms with Crippen LogP contribution in [0.25, 0.3) is 0 Å². The van der Waals surface area contributed by atoms with Crippen molar-refractivity contribution >= 4 is 5.91 Å². The molecule has 0 aromatic carbocycles. The lowest BCUT2D eigenvalue weighted by atomic mass is 9.71. The summed E-state index contributed by atoms with van der Waals surface area (Å²) in [7, 11) is 4.10. The van der Waals surface area contributed by atoms with E-state index in [0.717, 1.165) is 18.7 Å². The van der Waals surface area contributed by atoms with Crippen LogP contribution in [-0.4, -0.2) is 54.7 Å². The van der Waals surface area contributed by atoms with Crippen molar-refractivity contribution in [3.8, 4) is 0 Å². The molecule has 0 bridgehead atoms. The first kappa shape index (κ1) is 14.5. The number of hydrogen-bond donors (Lipinski definition) is 1. The monoisotopic (exact) mass is 289 g/mol. The van der Waals surface area contributed by atoms with Crippen LogP contribution in [0.1, 0.15) is 18.5 Å². The Balaban J connectivity index is 1.52. The zero-order valence-corrected chi connectivity index (χ0v) is 12.7. The highest BCUT2D eigenvalue weighted by molar-refractivity contribution is 5.76. The molecular formula is C16H23N3O2. The average molecular weight is 289 g/mol. The summed E-state index contributed by atoms with van der Waals surface area (Å²) in [5, 5.41) is 3.20. The summed E-state index contributed by atoms with van der Waals surface area (Å²) >= 11 is 0. The molecule has 0 unspecified atom stereocenters. The number of amides is 1. The minimum absolute atomic E-state index is 0.114. The number of nitrogens with one attached hydrogen (secondary N) is 1. The molecule has 21 heavy (non-hydrogen) atoms. The van der Waals surface area contributed by atoms with Crippen LogP contribution in [0.5, 0.6) is 0 Å². The highest BCUT2D eigenvalue weighted by atomic mass is 16.5. The van der Waals surface area contributed by atoms with Gasteiger partial charge in [-0.15, -0.1) is 0 Å². The molecule has 2 heterocycles. The normalized spacial score (nSPS) is 30.8. The molecule has 1 aliphatic heterocycles. The quantitative estimate of drug-likeness (QED) is 0.873. The van der Waals surface area contributed by atoms with Gasteiger partial charge in [-0.25, -0.2) is 0 Å². The van der Waals surface area contributed by atoms with E-state index in [1.54, 1.807) is 6.20 Å². The second kappa shape index (κ2) is 6.12. The van der Waals surface area contributed by atoms with Crippen molar-refractivity contribution in [2.24, 2.45) is 5.92 Å². The fraction of sp³-hybridized carbons (Fsp3) is 0.625. The number of likely N-dealkylation sites (N-methyl/N-ethyl adjacent to an activating group) is 1. The van der Waals surface area contributed by atoms with Crippen LogP contribution in [0.3, 0.4) is 0 Å². The standard InChI is InChI=1S/C16H23N3O2/c1-19(2)15-14(12-8-10-21-16(12)15)18-13(20)7-6-11-5-3-4-9-17-11/h3-5,9,12,14-16H,6-8,10H2,1-2H3,(H,18,20)/t12-,14+,15-,16-/m1/s1. The smallest absolute Gasteiger partial charge is 0.220 e. The third-order valence-corrected chi connectivity index (χ3v) is 4.61. The maximum atomic E-state index is 12.2. The van der Waals surface area contributed by atoms with Crippen LogP contribution in [0.4, 0.5) is 0 Å². The number of ether oxygens (including phenoxy) is 1. The summed E-state index contributed by atoms with van der Waals surface area (Å²) in [5.74, 6) is 0.596. The minimum atomic E-state index is 0.114. The van der Waals surface area contributed by atoms with E-state index in [-0.39, 0.29) is 11.9 Å². The molecule has 114 valence electrons. The zero-order valence-electron chi connectivity index (χ0n) is 12.7. The fourth-order valence-electron chi connectivity index (χ4n) is 3.53. The van der Waals surface area contributed by atoms with Crippen molar-refractivity contribution in [3.63, 3.8) is 0 Å². The molecule has 1 saturated carbocycles. The van der Waals surface area contributed by atoms with Gasteiger partial charge in [-0.05, 0) is 39.1 Å². The number of hydrogen-bond acceptors (Lipinski definition) is 4. The lowest BCUT2D eigenvalue weighted by Crippen LogP contribution is -2.69. The van der Waals surface area contributed by atoms with Crippen molar-refractivity contribution in [3.05, 3.63) is 30.1 Å². The molecule has 1 aromatic heterocycles. The molecule has 2 fully saturated rings. The lowest BCUT2D eigenvalue weighted by molar-refractivity contribution is -0.128. The Kier molecular flexibility index (Phi) is 4.22. The van der Waals surface area contributed by atoms with E-state index >= 15 is 0 Å². The number of rotatable bonds is 5. The first-order valence-corrected chi connectivity index (χ1v) is 7.64. The molecular weight excluding hydrogens is 266 g/mol. The summed E-state index contributed by atoms with van der Waals surface area (Å²) in [4.78, 5) is 18.6. The molecule has 1 amide bonds. The Morgan fingerprint density at radius 1 is 1.48 bits per heavy atom. The molecule has 0 spiro atoms. The number of fused-ring (bicyclic) bond motifs is 1. The Morgan fingerprint density at radius 3 is 3.05 bits per heavy atom. The van der Waals surface area contributed by atoms with Crippen molar-refractivity contribution in [2.75, 3.05) is 20.7 Å². The first-order valence-electron chi connectivity index (χ1n) is 7.64. The summed E-state index contributed by atoms with van der Waals surface area (Å²) in [5.41, 5.74) is 0.965. The zero-order chi connectivity index (χ0) is 14.8. The predicted octanol–water partition coefficient (Wildman–Crippen LogP) is 0.848. The third kappa shape index (κ3) is 2.94. The third-order valence-electron chi connectivity index (χ3n) is 4.61. The van der Waals surface area contributed by atoms with Crippen molar-refractivity contribution < 1.29 is 9.53 Å². The Labute approximate surface area is 125 Å². The maximum absolute atomic E-state index is 12.2. The van der Waals surface area contributed by atoms with Gasteiger partial charge in [-0.2, -0.15) is 0 Å². The number of carbonyl (C=O) groups is 1.